The molecule has 0 heteroatoms. The van der Waals surface area contributed by atoms with E-state index in [-0.39, 0.29) is 0 Å². The first-order valence-corrected chi connectivity index (χ1v) is 4.55. The van der Waals surface area contributed by atoms with Crippen LogP contribution in [0.25, 0.3) is 0 Å². The second-order valence-corrected chi connectivity index (χ2v) is 4.41. The van der Waals surface area contributed by atoms with E-state index in [9.17, 15) is 0 Å². The van der Waals surface area contributed by atoms with Crippen molar-refractivity contribution in [2.24, 2.45) is 10.8 Å². The van der Waals surface area contributed by atoms with Crippen LogP contribution < -0.4 is 0 Å². The quantitative estimate of drug-likeness (QED) is 0.447. The fourth-order valence-electron chi connectivity index (χ4n) is 3.44. The Labute approximate surface area is 62.3 Å². The van der Waals surface area contributed by atoms with Crippen molar-refractivity contribution in [2.75, 3.05) is 0 Å². The maximum absolute atomic E-state index is 2.53. The topological polar surface area (TPSA) is 0 Å². The highest BCUT2D eigenvalue weighted by Gasteiger charge is 2.67. The molecule has 0 aromatic carbocycles. The van der Waals surface area contributed by atoms with Crippen molar-refractivity contribution in [3.8, 4) is 0 Å². The van der Waals surface area contributed by atoms with Gasteiger partial charge in [0.05, 0.1) is 0 Å². The van der Waals surface area contributed by atoms with Crippen LogP contribution in [0.5, 0.6) is 0 Å². The number of rotatable bonds is 0. The standard InChI is InChI=1S/C10H14/c1-2-5-10-7-3-6-9(10,4-1)8-10/h1,4H,2-3,5-8H2. The van der Waals surface area contributed by atoms with Crippen molar-refractivity contribution in [2.45, 2.75) is 38.5 Å². The van der Waals surface area contributed by atoms with Crippen LogP contribution in [-0.2, 0) is 0 Å². The molecule has 3 rings (SSSR count). The normalized spacial score (nSPS) is 56.0. The molecule has 3 aliphatic carbocycles. The minimum absolute atomic E-state index is 0.755. The lowest BCUT2D eigenvalue weighted by atomic mass is 9.87. The molecule has 0 heterocycles. The van der Waals surface area contributed by atoms with Crippen LogP contribution in [0, 0.1) is 10.8 Å². The minimum atomic E-state index is 0.755. The lowest BCUT2D eigenvalue weighted by Gasteiger charge is -2.18. The lowest BCUT2D eigenvalue weighted by Crippen LogP contribution is -2.07. The van der Waals surface area contributed by atoms with Gasteiger partial charge in [0.25, 0.3) is 0 Å². The van der Waals surface area contributed by atoms with E-state index in [4.69, 9.17) is 0 Å². The van der Waals surface area contributed by atoms with Crippen molar-refractivity contribution in [3.63, 3.8) is 0 Å². The summed E-state index contributed by atoms with van der Waals surface area (Å²) < 4.78 is 0. The van der Waals surface area contributed by atoms with Gasteiger partial charge in [0.15, 0.2) is 0 Å². The van der Waals surface area contributed by atoms with Gasteiger partial charge in [0.2, 0.25) is 0 Å². The van der Waals surface area contributed by atoms with Crippen molar-refractivity contribution in [1.29, 1.82) is 0 Å². The van der Waals surface area contributed by atoms with Gasteiger partial charge in [-0.3, -0.25) is 0 Å². The van der Waals surface area contributed by atoms with Crippen LogP contribution in [0.2, 0.25) is 0 Å². The summed E-state index contributed by atoms with van der Waals surface area (Å²) in [7, 11) is 0. The monoisotopic (exact) mass is 134 g/mol. The summed E-state index contributed by atoms with van der Waals surface area (Å²) in [5, 5.41) is 0. The maximum atomic E-state index is 2.53. The zero-order valence-electron chi connectivity index (χ0n) is 6.40. The molecule has 2 atom stereocenters. The Kier molecular flexibility index (Phi) is 0.725. The molecule has 0 spiro atoms. The fourth-order valence-corrected chi connectivity index (χ4v) is 3.44. The molecule has 0 bridgehead atoms. The summed E-state index contributed by atoms with van der Waals surface area (Å²) in [4.78, 5) is 0. The fraction of sp³-hybridized carbons (Fsp3) is 0.800. The highest BCUT2D eigenvalue weighted by atomic mass is 14.7. The van der Waals surface area contributed by atoms with Crippen molar-refractivity contribution < 1.29 is 0 Å². The van der Waals surface area contributed by atoms with E-state index in [1.165, 1.54) is 38.5 Å². The molecule has 0 aromatic rings. The molecular formula is C10H14. The van der Waals surface area contributed by atoms with Crippen molar-refractivity contribution >= 4 is 0 Å². The van der Waals surface area contributed by atoms with Gasteiger partial charge in [-0.25, -0.2) is 0 Å². The molecule has 0 nitrogen and oxygen atoms in total. The average Bonchev–Trinajstić information content (AvgIpc) is 2.47. The number of hydrogen-bond donors (Lipinski definition) is 0. The summed E-state index contributed by atoms with van der Waals surface area (Å²) in [6.45, 7) is 0. The lowest BCUT2D eigenvalue weighted by molar-refractivity contribution is 0.401. The third kappa shape index (κ3) is 0.398. The van der Waals surface area contributed by atoms with E-state index in [1.54, 1.807) is 0 Å². The van der Waals surface area contributed by atoms with Gasteiger partial charge in [0.1, 0.15) is 0 Å². The Balaban J connectivity index is 2.06. The molecule has 0 saturated heterocycles. The van der Waals surface area contributed by atoms with Gasteiger partial charge in [0, 0.05) is 0 Å². The molecule has 2 saturated carbocycles. The molecular weight excluding hydrogens is 120 g/mol. The summed E-state index contributed by atoms with van der Waals surface area (Å²) >= 11 is 0. The Morgan fingerprint density at radius 2 is 2.10 bits per heavy atom. The maximum Gasteiger partial charge on any atom is -0.00558 e. The predicted molar refractivity (Wildman–Crippen MR) is 41.7 cm³/mol. The van der Waals surface area contributed by atoms with E-state index < -0.39 is 0 Å². The first kappa shape index (κ1) is 5.40. The van der Waals surface area contributed by atoms with E-state index in [2.05, 4.69) is 12.2 Å². The first-order valence-electron chi connectivity index (χ1n) is 4.55. The van der Waals surface area contributed by atoms with Gasteiger partial charge < -0.3 is 0 Å². The van der Waals surface area contributed by atoms with Crippen LogP contribution in [-0.4, -0.2) is 0 Å². The van der Waals surface area contributed by atoms with Crippen LogP contribution in [0.3, 0.4) is 0 Å². The third-order valence-electron chi connectivity index (χ3n) is 4.09. The zero-order valence-corrected chi connectivity index (χ0v) is 6.40. The highest BCUT2D eigenvalue weighted by Crippen LogP contribution is 2.77. The molecule has 54 valence electrons. The van der Waals surface area contributed by atoms with Crippen LogP contribution >= 0.6 is 0 Å². The second kappa shape index (κ2) is 1.34. The molecule has 3 aliphatic rings. The van der Waals surface area contributed by atoms with Gasteiger partial charge in [-0.05, 0) is 42.9 Å². The van der Waals surface area contributed by atoms with Crippen molar-refractivity contribution in [1.82, 2.24) is 0 Å². The van der Waals surface area contributed by atoms with Gasteiger partial charge in [-0.2, -0.15) is 0 Å². The summed E-state index contributed by atoms with van der Waals surface area (Å²) in [5.41, 5.74) is 1.60. The third-order valence-corrected chi connectivity index (χ3v) is 4.09. The molecule has 2 fully saturated rings. The van der Waals surface area contributed by atoms with Crippen LogP contribution in [0.4, 0.5) is 0 Å². The zero-order chi connectivity index (χ0) is 6.66. The van der Waals surface area contributed by atoms with Crippen LogP contribution in [0.15, 0.2) is 12.2 Å². The molecule has 0 aromatic heterocycles. The van der Waals surface area contributed by atoms with E-state index in [1.807, 2.05) is 0 Å². The molecule has 0 aliphatic heterocycles. The molecule has 0 amide bonds. The largest absolute Gasteiger partial charge is 0.0879 e. The smallest absolute Gasteiger partial charge is 0.00558 e. The Morgan fingerprint density at radius 1 is 1.10 bits per heavy atom. The van der Waals surface area contributed by atoms with E-state index >= 15 is 0 Å². The molecule has 0 N–H and O–H groups in total. The Bertz CT molecular complexity index is 200. The SMILES string of the molecule is C1=CC23CCCC2(CC1)C3. The highest BCUT2D eigenvalue weighted by molar-refractivity contribution is 5.28. The molecule has 0 radical (unpaired) electrons. The first-order chi connectivity index (χ1) is 4.87. The predicted octanol–water partition coefficient (Wildman–Crippen LogP) is 2.90. The Morgan fingerprint density at radius 3 is 3.00 bits per heavy atom. The molecule has 10 heavy (non-hydrogen) atoms. The Hall–Kier alpha value is -0.260. The van der Waals surface area contributed by atoms with Crippen LogP contribution in [0.1, 0.15) is 38.5 Å². The van der Waals surface area contributed by atoms with Crippen molar-refractivity contribution in [3.05, 3.63) is 12.2 Å². The average molecular weight is 134 g/mol. The second-order valence-electron chi connectivity index (χ2n) is 4.41. The summed E-state index contributed by atoms with van der Waals surface area (Å²) in [6, 6.07) is 0. The van der Waals surface area contributed by atoms with E-state index in [0.29, 0.717) is 0 Å². The van der Waals surface area contributed by atoms with Gasteiger partial charge >= 0.3 is 0 Å². The molecule has 2 unspecified atom stereocenters. The van der Waals surface area contributed by atoms with E-state index in [0.717, 1.165) is 10.8 Å². The van der Waals surface area contributed by atoms with Gasteiger partial charge in [-0.15, -0.1) is 0 Å². The minimum Gasteiger partial charge on any atom is -0.0879 e. The summed E-state index contributed by atoms with van der Waals surface area (Å²) in [5.74, 6) is 0. The number of allylic oxidation sites excluding steroid dienone is 2. The van der Waals surface area contributed by atoms with Gasteiger partial charge in [-0.1, -0.05) is 18.6 Å². The number of hydrogen-bond acceptors (Lipinski definition) is 0. The summed E-state index contributed by atoms with van der Waals surface area (Å²) in [6.07, 6.45) is 13.9.